The highest BCUT2D eigenvalue weighted by molar-refractivity contribution is 5.50. The summed E-state index contributed by atoms with van der Waals surface area (Å²) < 4.78 is 1.34. The first-order valence-electron chi connectivity index (χ1n) is 9.95. The standard InChI is InChI=1S/C20H34N3O2/c1-3-13-21(19-9-11-20(12-10-19)22(24)25)14-5-6-16-23(15-4-2)17-7-8-18-23/h9-12H,3-8,13-18H2,1-2H3/q+1. The third-order valence-electron chi connectivity index (χ3n) is 5.44. The van der Waals surface area contributed by atoms with E-state index in [2.05, 4.69) is 18.7 Å². The Morgan fingerprint density at radius 3 is 2.24 bits per heavy atom. The minimum absolute atomic E-state index is 0.167. The molecule has 5 heteroatoms. The molecular formula is C20H34N3O2+. The minimum Gasteiger partial charge on any atom is -0.372 e. The van der Waals surface area contributed by atoms with Gasteiger partial charge in [-0.15, -0.1) is 0 Å². The number of nitrogens with zero attached hydrogens (tertiary/aromatic N) is 3. The van der Waals surface area contributed by atoms with E-state index in [1.54, 1.807) is 12.1 Å². The molecule has 0 aliphatic carbocycles. The molecule has 1 fully saturated rings. The summed E-state index contributed by atoms with van der Waals surface area (Å²) in [4.78, 5) is 12.9. The number of nitro groups is 1. The van der Waals surface area contributed by atoms with Gasteiger partial charge in [0.2, 0.25) is 0 Å². The second-order valence-corrected chi connectivity index (χ2v) is 7.41. The molecule has 0 aromatic heterocycles. The molecule has 0 spiro atoms. The molecule has 0 amide bonds. The summed E-state index contributed by atoms with van der Waals surface area (Å²) in [5.74, 6) is 0. The van der Waals surface area contributed by atoms with Crippen LogP contribution in [0.2, 0.25) is 0 Å². The van der Waals surface area contributed by atoms with Gasteiger partial charge in [0.05, 0.1) is 31.1 Å². The van der Waals surface area contributed by atoms with E-state index in [1.807, 2.05) is 12.1 Å². The molecule has 1 saturated heterocycles. The number of rotatable bonds is 11. The number of quaternary nitrogens is 1. The van der Waals surface area contributed by atoms with E-state index in [9.17, 15) is 10.1 Å². The van der Waals surface area contributed by atoms with Crippen molar-refractivity contribution in [1.82, 2.24) is 0 Å². The number of hydrogen-bond donors (Lipinski definition) is 0. The first-order valence-corrected chi connectivity index (χ1v) is 9.95. The fourth-order valence-electron chi connectivity index (χ4n) is 4.21. The Morgan fingerprint density at radius 1 is 1.00 bits per heavy atom. The van der Waals surface area contributed by atoms with E-state index in [-0.39, 0.29) is 10.6 Å². The Kier molecular flexibility index (Phi) is 7.69. The molecule has 1 aliphatic heterocycles. The first kappa shape index (κ1) is 19.7. The molecule has 1 aromatic carbocycles. The van der Waals surface area contributed by atoms with Gasteiger partial charge >= 0.3 is 0 Å². The summed E-state index contributed by atoms with van der Waals surface area (Å²) >= 11 is 0. The van der Waals surface area contributed by atoms with Crippen molar-refractivity contribution in [3.63, 3.8) is 0 Å². The predicted octanol–water partition coefficient (Wildman–Crippen LogP) is 4.61. The van der Waals surface area contributed by atoms with Crippen molar-refractivity contribution >= 4 is 11.4 Å². The summed E-state index contributed by atoms with van der Waals surface area (Å²) in [6.45, 7) is 11.9. The Hall–Kier alpha value is -1.62. The molecule has 0 atom stereocenters. The van der Waals surface area contributed by atoms with Crippen LogP contribution in [0.3, 0.4) is 0 Å². The van der Waals surface area contributed by atoms with Crippen LogP contribution in [0.25, 0.3) is 0 Å². The van der Waals surface area contributed by atoms with Crippen LogP contribution in [0, 0.1) is 10.1 Å². The zero-order valence-electron chi connectivity index (χ0n) is 16.0. The van der Waals surface area contributed by atoms with Crippen molar-refractivity contribution in [3.05, 3.63) is 34.4 Å². The number of nitro benzene ring substituents is 1. The van der Waals surface area contributed by atoms with E-state index in [4.69, 9.17) is 0 Å². The topological polar surface area (TPSA) is 46.4 Å². The maximum atomic E-state index is 10.8. The van der Waals surface area contributed by atoms with Gasteiger partial charge in [-0.05, 0) is 37.8 Å². The molecular weight excluding hydrogens is 314 g/mol. The number of anilines is 1. The Morgan fingerprint density at radius 2 is 1.68 bits per heavy atom. The van der Waals surface area contributed by atoms with Crippen LogP contribution >= 0.6 is 0 Å². The van der Waals surface area contributed by atoms with Crippen LogP contribution < -0.4 is 4.90 Å². The molecule has 140 valence electrons. The molecule has 0 saturated carbocycles. The van der Waals surface area contributed by atoms with E-state index in [0.717, 1.165) is 25.2 Å². The number of unbranched alkanes of at least 4 members (excludes halogenated alkanes) is 1. The zero-order valence-corrected chi connectivity index (χ0v) is 16.0. The van der Waals surface area contributed by atoms with E-state index in [1.165, 1.54) is 62.8 Å². The number of hydrogen-bond acceptors (Lipinski definition) is 3. The van der Waals surface area contributed by atoms with Crippen LogP contribution in [0.5, 0.6) is 0 Å². The molecule has 1 aliphatic rings. The highest BCUT2D eigenvalue weighted by Gasteiger charge is 2.30. The maximum absolute atomic E-state index is 10.8. The molecule has 5 nitrogen and oxygen atoms in total. The largest absolute Gasteiger partial charge is 0.372 e. The average molecular weight is 349 g/mol. The van der Waals surface area contributed by atoms with Crippen LogP contribution in [0.15, 0.2) is 24.3 Å². The van der Waals surface area contributed by atoms with Gasteiger partial charge < -0.3 is 9.38 Å². The molecule has 1 heterocycles. The second-order valence-electron chi connectivity index (χ2n) is 7.41. The third-order valence-corrected chi connectivity index (χ3v) is 5.44. The molecule has 0 radical (unpaired) electrons. The minimum atomic E-state index is -0.333. The van der Waals surface area contributed by atoms with E-state index >= 15 is 0 Å². The number of benzene rings is 1. The van der Waals surface area contributed by atoms with Crippen LogP contribution in [-0.4, -0.2) is 48.7 Å². The summed E-state index contributed by atoms with van der Waals surface area (Å²) in [5, 5.41) is 10.8. The highest BCUT2D eigenvalue weighted by Crippen LogP contribution is 2.23. The molecule has 2 rings (SSSR count). The summed E-state index contributed by atoms with van der Waals surface area (Å²) in [7, 11) is 0. The quantitative estimate of drug-likeness (QED) is 0.254. The van der Waals surface area contributed by atoms with Gasteiger partial charge in [0.15, 0.2) is 0 Å². The van der Waals surface area contributed by atoms with Crippen molar-refractivity contribution in [1.29, 1.82) is 0 Å². The van der Waals surface area contributed by atoms with E-state index < -0.39 is 0 Å². The van der Waals surface area contributed by atoms with Gasteiger partial charge in [-0.25, -0.2) is 0 Å². The lowest BCUT2D eigenvalue weighted by molar-refractivity contribution is -0.917. The van der Waals surface area contributed by atoms with Crippen molar-refractivity contribution in [2.24, 2.45) is 0 Å². The Bertz CT molecular complexity index is 524. The van der Waals surface area contributed by atoms with Gasteiger partial charge in [0.1, 0.15) is 0 Å². The lowest BCUT2D eigenvalue weighted by Crippen LogP contribution is -2.46. The predicted molar refractivity (Wildman–Crippen MR) is 104 cm³/mol. The van der Waals surface area contributed by atoms with Gasteiger partial charge in [0.25, 0.3) is 5.69 Å². The van der Waals surface area contributed by atoms with Crippen molar-refractivity contribution in [3.8, 4) is 0 Å². The fourth-order valence-corrected chi connectivity index (χ4v) is 4.21. The van der Waals surface area contributed by atoms with Gasteiger partial charge in [0, 0.05) is 43.8 Å². The summed E-state index contributed by atoms with van der Waals surface area (Å²) in [5.41, 5.74) is 1.27. The fraction of sp³-hybridized carbons (Fsp3) is 0.700. The van der Waals surface area contributed by atoms with Gasteiger partial charge in [-0.3, -0.25) is 10.1 Å². The Balaban J connectivity index is 1.85. The van der Waals surface area contributed by atoms with Crippen LogP contribution in [0.1, 0.15) is 52.4 Å². The molecule has 0 N–H and O–H groups in total. The number of non-ortho nitro benzene ring substituents is 1. The van der Waals surface area contributed by atoms with E-state index in [0.29, 0.717) is 0 Å². The van der Waals surface area contributed by atoms with Crippen molar-refractivity contribution in [2.75, 3.05) is 44.2 Å². The SMILES string of the molecule is CCCN(CCCC[N+]1(CCC)CCCC1)c1ccc([N+](=O)[O-])cc1. The van der Waals surface area contributed by atoms with Crippen molar-refractivity contribution < 1.29 is 9.41 Å². The van der Waals surface area contributed by atoms with Gasteiger partial charge in [-0.2, -0.15) is 0 Å². The maximum Gasteiger partial charge on any atom is 0.269 e. The Labute approximate surface area is 152 Å². The summed E-state index contributed by atoms with van der Waals surface area (Å²) in [6.07, 6.45) is 7.63. The lowest BCUT2D eigenvalue weighted by atomic mass is 10.2. The van der Waals surface area contributed by atoms with Crippen molar-refractivity contribution in [2.45, 2.75) is 52.4 Å². The molecule has 0 unspecified atom stereocenters. The number of likely N-dealkylation sites (tertiary alicyclic amines) is 1. The normalized spacial score (nSPS) is 16.1. The van der Waals surface area contributed by atoms with Crippen LogP contribution in [-0.2, 0) is 0 Å². The smallest absolute Gasteiger partial charge is 0.269 e. The van der Waals surface area contributed by atoms with Gasteiger partial charge in [-0.1, -0.05) is 13.8 Å². The second kappa shape index (κ2) is 9.76. The zero-order chi connectivity index (χ0) is 18.1. The summed E-state index contributed by atoms with van der Waals surface area (Å²) in [6, 6.07) is 7.01. The monoisotopic (exact) mass is 348 g/mol. The first-order chi connectivity index (χ1) is 12.1. The average Bonchev–Trinajstić information content (AvgIpc) is 3.07. The highest BCUT2D eigenvalue weighted by atomic mass is 16.6. The molecule has 0 bridgehead atoms. The third kappa shape index (κ3) is 5.70. The molecule has 1 aromatic rings. The lowest BCUT2D eigenvalue weighted by Gasteiger charge is -2.34. The molecule has 25 heavy (non-hydrogen) atoms. The van der Waals surface area contributed by atoms with Crippen LogP contribution in [0.4, 0.5) is 11.4 Å².